The molecule has 0 unspecified atom stereocenters. The second-order valence-electron chi connectivity index (χ2n) is 8.83. The van der Waals surface area contributed by atoms with E-state index in [-0.39, 0.29) is 17.2 Å². The lowest BCUT2D eigenvalue weighted by Crippen LogP contribution is -2.46. The minimum absolute atomic E-state index is 0.122. The van der Waals surface area contributed by atoms with E-state index in [0.29, 0.717) is 0 Å². The van der Waals surface area contributed by atoms with Crippen molar-refractivity contribution in [1.29, 1.82) is 0 Å². The van der Waals surface area contributed by atoms with Crippen molar-refractivity contribution in [2.45, 2.75) is 56.9 Å². The first-order valence-electron chi connectivity index (χ1n) is 11.2. The Kier molecular flexibility index (Phi) is 6.60. The average molecular weight is 392 g/mol. The first-order valence-corrected chi connectivity index (χ1v) is 11.2. The Balaban J connectivity index is 1.30. The molecular weight excluding hydrogens is 358 g/mol. The summed E-state index contributed by atoms with van der Waals surface area (Å²) in [7, 11) is 0. The summed E-state index contributed by atoms with van der Waals surface area (Å²) in [6.45, 7) is 3.72. The number of piperidine rings is 1. The molecule has 2 aliphatic rings. The third-order valence-electron chi connectivity index (χ3n) is 6.91. The minimum Gasteiger partial charge on any atom is -0.355 e. The van der Waals surface area contributed by atoms with Crippen LogP contribution in [0.3, 0.4) is 0 Å². The van der Waals surface area contributed by atoms with Gasteiger partial charge in [-0.1, -0.05) is 49.6 Å². The molecule has 1 aliphatic carbocycles. The van der Waals surface area contributed by atoms with Crippen LogP contribution in [0.25, 0.3) is 0 Å². The van der Waals surface area contributed by atoms with Crippen molar-refractivity contribution in [2.75, 3.05) is 19.6 Å². The lowest BCUT2D eigenvalue weighted by atomic mass is 9.69. The molecule has 0 radical (unpaired) electrons. The standard InChI is InChI=1S/C25H33N3O/c29-24(22-11-17-28(18-12-22)19-21-9-15-26-16-10-21)27-20-25(13-5-2-6-14-25)23-7-3-1-4-8-23/h1,3-4,7-10,15-16,22H,2,5-6,11-14,17-20H2,(H,27,29). The van der Waals surface area contributed by atoms with Crippen molar-refractivity contribution in [3.05, 3.63) is 66.0 Å². The van der Waals surface area contributed by atoms with Crippen LogP contribution in [-0.2, 0) is 16.8 Å². The number of pyridine rings is 1. The maximum Gasteiger partial charge on any atom is 0.223 e. The summed E-state index contributed by atoms with van der Waals surface area (Å²) in [5.74, 6) is 0.412. The van der Waals surface area contributed by atoms with Crippen LogP contribution in [0, 0.1) is 5.92 Å². The summed E-state index contributed by atoms with van der Waals surface area (Å²) in [5.41, 5.74) is 2.81. The number of rotatable bonds is 6. The molecule has 1 saturated heterocycles. The van der Waals surface area contributed by atoms with Crippen LogP contribution in [0.15, 0.2) is 54.9 Å². The molecule has 1 N–H and O–H groups in total. The summed E-state index contributed by atoms with van der Waals surface area (Å²) in [5, 5.41) is 3.36. The Morgan fingerprint density at radius 3 is 2.38 bits per heavy atom. The van der Waals surface area contributed by atoms with Gasteiger partial charge in [0, 0.05) is 36.8 Å². The molecule has 1 aromatic carbocycles. The van der Waals surface area contributed by atoms with Crippen molar-refractivity contribution in [3.63, 3.8) is 0 Å². The number of benzene rings is 1. The van der Waals surface area contributed by atoms with E-state index in [1.807, 2.05) is 12.4 Å². The van der Waals surface area contributed by atoms with E-state index in [0.717, 1.165) is 39.0 Å². The number of nitrogens with zero attached hydrogens (tertiary/aromatic N) is 2. The molecule has 0 bridgehead atoms. The molecule has 1 amide bonds. The molecule has 1 aliphatic heterocycles. The van der Waals surface area contributed by atoms with Gasteiger partial charge < -0.3 is 5.32 Å². The molecule has 4 rings (SSSR count). The lowest BCUT2D eigenvalue weighted by molar-refractivity contribution is -0.126. The first-order chi connectivity index (χ1) is 14.3. The Labute approximate surface area is 174 Å². The summed E-state index contributed by atoms with van der Waals surface area (Å²) in [6.07, 6.45) is 11.8. The largest absolute Gasteiger partial charge is 0.355 e. The van der Waals surface area contributed by atoms with Crippen molar-refractivity contribution >= 4 is 5.91 Å². The van der Waals surface area contributed by atoms with Crippen LogP contribution in [0.5, 0.6) is 0 Å². The van der Waals surface area contributed by atoms with Gasteiger partial charge >= 0.3 is 0 Å². The Bertz CT molecular complexity index is 763. The highest BCUT2D eigenvalue weighted by atomic mass is 16.1. The molecule has 2 fully saturated rings. The van der Waals surface area contributed by atoms with Crippen LogP contribution < -0.4 is 5.32 Å². The summed E-state index contributed by atoms with van der Waals surface area (Å²) < 4.78 is 0. The van der Waals surface area contributed by atoms with Crippen molar-refractivity contribution in [3.8, 4) is 0 Å². The smallest absolute Gasteiger partial charge is 0.223 e. The van der Waals surface area contributed by atoms with E-state index in [9.17, 15) is 4.79 Å². The molecule has 154 valence electrons. The average Bonchev–Trinajstić information content (AvgIpc) is 2.80. The molecule has 1 aromatic heterocycles. The SMILES string of the molecule is O=C(NCC1(c2ccccc2)CCCCC1)C1CCN(Cc2ccncc2)CC1. The van der Waals surface area contributed by atoms with E-state index in [2.05, 4.69) is 57.7 Å². The molecule has 2 aromatic rings. The summed E-state index contributed by atoms with van der Waals surface area (Å²) in [4.78, 5) is 19.5. The summed E-state index contributed by atoms with van der Waals surface area (Å²) >= 11 is 0. The van der Waals surface area contributed by atoms with Crippen molar-refractivity contribution in [1.82, 2.24) is 15.2 Å². The number of hydrogen-bond donors (Lipinski definition) is 1. The van der Waals surface area contributed by atoms with Crippen LogP contribution in [0.4, 0.5) is 0 Å². The van der Waals surface area contributed by atoms with E-state index in [1.165, 1.54) is 43.2 Å². The fourth-order valence-corrected chi connectivity index (χ4v) is 5.09. The van der Waals surface area contributed by atoms with E-state index < -0.39 is 0 Å². The molecule has 4 heteroatoms. The van der Waals surface area contributed by atoms with E-state index in [1.54, 1.807) is 0 Å². The van der Waals surface area contributed by atoms with Gasteiger partial charge in [0.15, 0.2) is 0 Å². The predicted octanol–water partition coefficient (Wildman–Crippen LogP) is 4.31. The topological polar surface area (TPSA) is 45.2 Å². The van der Waals surface area contributed by atoms with Gasteiger partial charge in [-0.2, -0.15) is 0 Å². The van der Waals surface area contributed by atoms with Gasteiger partial charge in [0.2, 0.25) is 5.91 Å². The quantitative estimate of drug-likeness (QED) is 0.798. The number of carbonyl (C=O) groups excluding carboxylic acids is 1. The van der Waals surface area contributed by atoms with Gasteiger partial charge in [-0.3, -0.25) is 14.7 Å². The van der Waals surface area contributed by atoms with Gasteiger partial charge in [0.1, 0.15) is 0 Å². The molecule has 0 spiro atoms. The van der Waals surface area contributed by atoms with E-state index in [4.69, 9.17) is 0 Å². The number of amides is 1. The monoisotopic (exact) mass is 391 g/mol. The van der Waals surface area contributed by atoms with Crippen molar-refractivity contribution in [2.24, 2.45) is 5.92 Å². The predicted molar refractivity (Wildman–Crippen MR) is 116 cm³/mol. The van der Waals surface area contributed by atoms with Gasteiger partial charge in [-0.05, 0) is 62.0 Å². The molecule has 0 atom stereocenters. The highest BCUT2D eigenvalue weighted by Gasteiger charge is 2.35. The second-order valence-corrected chi connectivity index (χ2v) is 8.83. The van der Waals surface area contributed by atoms with Crippen LogP contribution >= 0.6 is 0 Å². The van der Waals surface area contributed by atoms with Gasteiger partial charge in [-0.25, -0.2) is 0 Å². The highest BCUT2D eigenvalue weighted by Crippen LogP contribution is 2.39. The zero-order valence-electron chi connectivity index (χ0n) is 17.4. The van der Waals surface area contributed by atoms with Gasteiger partial charge in [-0.15, -0.1) is 0 Å². The normalized spacial score (nSPS) is 20.3. The van der Waals surface area contributed by atoms with Crippen LogP contribution in [0.2, 0.25) is 0 Å². The maximum absolute atomic E-state index is 12.9. The first kappa shape index (κ1) is 20.1. The molecule has 2 heterocycles. The Morgan fingerprint density at radius 1 is 1.00 bits per heavy atom. The fraction of sp³-hybridized carbons (Fsp3) is 0.520. The zero-order chi connectivity index (χ0) is 19.9. The Morgan fingerprint density at radius 2 is 1.69 bits per heavy atom. The second kappa shape index (κ2) is 9.53. The molecule has 29 heavy (non-hydrogen) atoms. The molecule has 4 nitrogen and oxygen atoms in total. The number of carbonyl (C=O) groups is 1. The number of likely N-dealkylation sites (tertiary alicyclic amines) is 1. The van der Waals surface area contributed by atoms with Crippen LogP contribution in [0.1, 0.15) is 56.1 Å². The lowest BCUT2D eigenvalue weighted by Gasteiger charge is -2.39. The van der Waals surface area contributed by atoms with E-state index >= 15 is 0 Å². The minimum atomic E-state index is 0.122. The van der Waals surface area contributed by atoms with Crippen molar-refractivity contribution < 1.29 is 4.79 Å². The fourth-order valence-electron chi connectivity index (χ4n) is 5.09. The van der Waals surface area contributed by atoms with Crippen LogP contribution in [-0.4, -0.2) is 35.4 Å². The number of hydrogen-bond acceptors (Lipinski definition) is 3. The van der Waals surface area contributed by atoms with Gasteiger partial charge in [0.05, 0.1) is 0 Å². The Hall–Kier alpha value is -2.20. The van der Waals surface area contributed by atoms with Gasteiger partial charge in [0.25, 0.3) is 0 Å². The molecular formula is C25H33N3O. The molecule has 1 saturated carbocycles. The zero-order valence-corrected chi connectivity index (χ0v) is 17.4. The maximum atomic E-state index is 12.9. The summed E-state index contributed by atoms with van der Waals surface area (Å²) in [6, 6.07) is 15.0. The third-order valence-corrected chi connectivity index (χ3v) is 6.91. The number of aromatic nitrogens is 1. The highest BCUT2D eigenvalue weighted by molar-refractivity contribution is 5.78. The number of nitrogens with one attached hydrogen (secondary N) is 1. The third kappa shape index (κ3) is 5.05.